The fourth-order valence-electron chi connectivity index (χ4n) is 1.41. The zero-order valence-electron chi connectivity index (χ0n) is 14.7. The molecule has 3 heteroatoms. The number of carbonyl (C=O) groups excluding carboxylic acids is 1. The van der Waals surface area contributed by atoms with Crippen molar-refractivity contribution in [1.29, 1.82) is 0 Å². The van der Waals surface area contributed by atoms with Crippen LogP contribution in [0.25, 0.3) is 0 Å². The highest BCUT2D eigenvalue weighted by Gasteiger charge is 2.06. The van der Waals surface area contributed by atoms with Gasteiger partial charge >= 0.3 is 0 Å². The first-order valence-corrected chi connectivity index (χ1v) is 7.98. The normalized spacial score (nSPS) is 9.76. The van der Waals surface area contributed by atoms with Crippen molar-refractivity contribution in [2.45, 2.75) is 61.3 Å². The molecule has 0 N–H and O–H groups in total. The monoisotopic (exact) mass is 293 g/mol. The van der Waals surface area contributed by atoms with Crippen molar-refractivity contribution in [3.63, 3.8) is 0 Å². The van der Waals surface area contributed by atoms with Crippen LogP contribution in [-0.2, 0) is 4.74 Å². The Labute approximate surface area is 130 Å². The number of rotatable bonds is 4. The van der Waals surface area contributed by atoms with Crippen molar-refractivity contribution in [2.24, 2.45) is 4.99 Å². The molecule has 0 saturated heterocycles. The van der Waals surface area contributed by atoms with Gasteiger partial charge in [0.05, 0.1) is 6.61 Å². The fraction of sp³-hybridized carbons (Fsp3) is 0.556. The van der Waals surface area contributed by atoms with Gasteiger partial charge in [-0.1, -0.05) is 52.3 Å². The molecular formula is C18H31NO2. The number of carbonyl (C=O) groups is 1. The molecule has 0 aromatic heterocycles. The molecule has 0 fully saturated rings. The first-order chi connectivity index (χ1) is 10.2. The summed E-state index contributed by atoms with van der Waals surface area (Å²) in [4.78, 5) is 15.9. The second-order valence-electron chi connectivity index (χ2n) is 3.86. The topological polar surface area (TPSA) is 38.7 Å². The van der Waals surface area contributed by atoms with E-state index < -0.39 is 0 Å². The summed E-state index contributed by atoms with van der Waals surface area (Å²) in [5.74, 6) is 0.294. The fourth-order valence-corrected chi connectivity index (χ4v) is 1.41. The largest absolute Gasteiger partial charge is 0.481 e. The van der Waals surface area contributed by atoms with Crippen LogP contribution in [-0.4, -0.2) is 18.4 Å². The molecule has 0 radical (unpaired) electrons. The molecular weight excluding hydrogens is 262 g/mol. The lowest BCUT2D eigenvalue weighted by atomic mass is 10.1. The molecule has 120 valence electrons. The molecule has 0 unspecified atom stereocenters. The van der Waals surface area contributed by atoms with Crippen LogP contribution in [0.4, 0.5) is 0 Å². The van der Waals surface area contributed by atoms with E-state index in [1.807, 2.05) is 60.6 Å². The number of ether oxygens (including phenoxy) is 1. The van der Waals surface area contributed by atoms with Crippen molar-refractivity contribution < 1.29 is 9.53 Å². The van der Waals surface area contributed by atoms with Gasteiger partial charge in [-0.05, 0) is 32.4 Å². The van der Waals surface area contributed by atoms with Crippen molar-refractivity contribution >= 4 is 11.8 Å². The number of hydrogen-bond donors (Lipinski definition) is 0. The molecule has 0 aliphatic carbocycles. The van der Waals surface area contributed by atoms with Crippen LogP contribution < -0.4 is 0 Å². The van der Waals surface area contributed by atoms with Crippen molar-refractivity contribution in [2.75, 3.05) is 6.61 Å². The highest BCUT2D eigenvalue weighted by molar-refractivity contribution is 6.01. The summed E-state index contributed by atoms with van der Waals surface area (Å²) in [5, 5.41) is 0. The Balaban J connectivity index is 0. The lowest BCUT2D eigenvalue weighted by molar-refractivity contribution is 0.0998. The number of benzene rings is 1. The lowest BCUT2D eigenvalue weighted by Gasteiger charge is -2.05. The van der Waals surface area contributed by atoms with E-state index in [0.717, 1.165) is 12.0 Å². The zero-order valence-corrected chi connectivity index (χ0v) is 14.7. The Morgan fingerprint density at radius 2 is 1.57 bits per heavy atom. The molecule has 1 rings (SSSR count). The minimum Gasteiger partial charge on any atom is -0.481 e. The van der Waals surface area contributed by atoms with Crippen LogP contribution in [0.2, 0.25) is 0 Å². The molecule has 1 aromatic rings. The van der Waals surface area contributed by atoms with E-state index in [0.29, 0.717) is 24.5 Å². The third-order valence-electron chi connectivity index (χ3n) is 2.30. The van der Waals surface area contributed by atoms with Crippen molar-refractivity contribution in [3.8, 4) is 0 Å². The summed E-state index contributed by atoms with van der Waals surface area (Å²) in [5.41, 5.74) is 1.73. The van der Waals surface area contributed by atoms with Gasteiger partial charge in [0.15, 0.2) is 5.90 Å². The molecule has 3 nitrogen and oxygen atoms in total. The second-order valence-corrected chi connectivity index (χ2v) is 3.86. The molecule has 0 spiro atoms. The van der Waals surface area contributed by atoms with Crippen LogP contribution in [0.1, 0.15) is 70.3 Å². The number of aliphatic imine (C=N–C) groups is 1. The molecule has 0 aliphatic rings. The molecule has 0 aliphatic heterocycles. The van der Waals surface area contributed by atoms with E-state index in [4.69, 9.17) is 4.74 Å². The number of nitrogens with zero attached hydrogens (tertiary/aromatic N) is 1. The van der Waals surface area contributed by atoms with E-state index in [2.05, 4.69) is 4.99 Å². The van der Waals surface area contributed by atoms with Crippen LogP contribution in [0.15, 0.2) is 29.3 Å². The predicted octanol–water partition coefficient (Wildman–Crippen LogP) is 5.42. The van der Waals surface area contributed by atoms with Crippen LogP contribution in [0.5, 0.6) is 0 Å². The van der Waals surface area contributed by atoms with Crippen molar-refractivity contribution in [3.05, 3.63) is 35.4 Å². The Bertz CT molecular complexity index is 386. The quantitative estimate of drug-likeness (QED) is 0.549. The number of hydrogen-bond acceptors (Lipinski definition) is 2. The molecule has 0 bridgehead atoms. The predicted molar refractivity (Wildman–Crippen MR) is 92.2 cm³/mol. The van der Waals surface area contributed by atoms with Gasteiger partial charge in [-0.2, -0.15) is 4.99 Å². The summed E-state index contributed by atoms with van der Waals surface area (Å²) >= 11 is 0. The molecule has 0 heterocycles. The van der Waals surface area contributed by atoms with Crippen molar-refractivity contribution in [1.82, 2.24) is 0 Å². The molecule has 1 aromatic carbocycles. The van der Waals surface area contributed by atoms with Gasteiger partial charge in [0.2, 0.25) is 0 Å². The van der Waals surface area contributed by atoms with Gasteiger partial charge in [-0.25, -0.2) is 0 Å². The summed E-state index contributed by atoms with van der Waals surface area (Å²) < 4.78 is 5.33. The molecule has 21 heavy (non-hydrogen) atoms. The average molecular weight is 293 g/mol. The van der Waals surface area contributed by atoms with E-state index in [1.54, 1.807) is 12.1 Å². The maximum absolute atomic E-state index is 11.8. The van der Waals surface area contributed by atoms with Gasteiger partial charge in [-0.15, -0.1) is 0 Å². The average Bonchev–Trinajstić information content (AvgIpc) is 2.52. The van der Waals surface area contributed by atoms with Crippen LogP contribution in [0, 0.1) is 6.92 Å². The summed E-state index contributed by atoms with van der Waals surface area (Å²) in [6.07, 6.45) is 1.62. The highest BCUT2D eigenvalue weighted by Crippen LogP contribution is 2.06. The van der Waals surface area contributed by atoms with E-state index in [-0.39, 0.29) is 5.91 Å². The highest BCUT2D eigenvalue weighted by atomic mass is 16.5. The van der Waals surface area contributed by atoms with E-state index in [1.165, 1.54) is 0 Å². The third kappa shape index (κ3) is 9.83. The van der Waals surface area contributed by atoms with Gasteiger partial charge in [0.25, 0.3) is 5.91 Å². The third-order valence-corrected chi connectivity index (χ3v) is 2.30. The minimum atomic E-state index is -0.234. The summed E-state index contributed by atoms with van der Waals surface area (Å²) in [6.45, 7) is 14.5. The molecule has 0 atom stereocenters. The maximum atomic E-state index is 11.8. The zero-order chi connectivity index (χ0) is 16.7. The number of amides is 1. The standard InChI is InChI=1S/C14H19NO2.2C2H6/c1-4-6-13(17-5-2)15-14(16)12-9-7-11(3)8-10-12;2*1-2/h7-10H,4-6H2,1-3H3;2*1-2H3. The van der Waals surface area contributed by atoms with Gasteiger partial charge in [0, 0.05) is 12.0 Å². The Kier molecular flexibility index (Phi) is 15.2. The number of aryl methyl sites for hydroxylation is 1. The van der Waals surface area contributed by atoms with Crippen LogP contribution >= 0.6 is 0 Å². The summed E-state index contributed by atoms with van der Waals surface area (Å²) in [6, 6.07) is 7.39. The van der Waals surface area contributed by atoms with Gasteiger partial charge < -0.3 is 4.74 Å². The van der Waals surface area contributed by atoms with E-state index in [9.17, 15) is 4.79 Å². The maximum Gasteiger partial charge on any atom is 0.279 e. The Hall–Kier alpha value is -1.64. The summed E-state index contributed by atoms with van der Waals surface area (Å²) in [7, 11) is 0. The second kappa shape index (κ2) is 14.8. The molecule has 1 amide bonds. The minimum absolute atomic E-state index is 0.234. The lowest BCUT2D eigenvalue weighted by Crippen LogP contribution is -2.08. The first kappa shape index (κ1) is 21.7. The first-order valence-electron chi connectivity index (χ1n) is 7.98. The smallest absolute Gasteiger partial charge is 0.279 e. The van der Waals surface area contributed by atoms with Gasteiger partial charge in [-0.3, -0.25) is 4.79 Å². The Morgan fingerprint density at radius 1 is 1.05 bits per heavy atom. The van der Waals surface area contributed by atoms with E-state index >= 15 is 0 Å². The van der Waals surface area contributed by atoms with Gasteiger partial charge in [0.1, 0.15) is 0 Å². The van der Waals surface area contributed by atoms with Crippen LogP contribution in [0.3, 0.4) is 0 Å². The Morgan fingerprint density at radius 3 is 2.00 bits per heavy atom. The molecule has 0 saturated carbocycles. The SMILES string of the molecule is CC.CC.CCCC(=NC(=O)c1ccc(C)cc1)OCC.